The lowest BCUT2D eigenvalue weighted by Crippen LogP contribution is -2.35. The smallest absolute Gasteiger partial charge is 0.220 e. The van der Waals surface area contributed by atoms with E-state index >= 15 is 0 Å². The van der Waals surface area contributed by atoms with E-state index in [0.29, 0.717) is 12.8 Å². The number of rotatable bonds is 7. The number of aliphatic hydroxyl groups excluding tert-OH is 1. The van der Waals surface area contributed by atoms with Crippen LogP contribution in [0.2, 0.25) is 0 Å². The van der Waals surface area contributed by atoms with E-state index < -0.39 is 0 Å². The highest BCUT2D eigenvalue weighted by atomic mass is 16.5. The Balaban J connectivity index is 2.63. The summed E-state index contributed by atoms with van der Waals surface area (Å²) in [7, 11) is 3.19. The lowest BCUT2D eigenvalue weighted by Gasteiger charge is -2.12. The van der Waals surface area contributed by atoms with Crippen LogP contribution in [0, 0.1) is 0 Å². The molecule has 0 bridgehead atoms. The van der Waals surface area contributed by atoms with Gasteiger partial charge in [0.2, 0.25) is 5.91 Å². The van der Waals surface area contributed by atoms with E-state index in [9.17, 15) is 4.79 Å². The van der Waals surface area contributed by atoms with Gasteiger partial charge in [-0.15, -0.1) is 0 Å². The van der Waals surface area contributed by atoms with Crippen LogP contribution < -0.4 is 14.8 Å². The maximum atomic E-state index is 11.6. The summed E-state index contributed by atoms with van der Waals surface area (Å²) in [6, 6.07) is 5.28. The number of ether oxygens (including phenoxy) is 2. The Morgan fingerprint density at radius 3 is 2.68 bits per heavy atom. The van der Waals surface area contributed by atoms with Crippen LogP contribution in [-0.2, 0) is 11.2 Å². The summed E-state index contributed by atoms with van der Waals surface area (Å²) in [6.45, 7) is 1.69. The zero-order valence-corrected chi connectivity index (χ0v) is 11.6. The molecule has 1 atom stereocenters. The van der Waals surface area contributed by atoms with E-state index in [4.69, 9.17) is 14.6 Å². The van der Waals surface area contributed by atoms with E-state index in [0.717, 1.165) is 17.1 Å². The molecule has 1 unspecified atom stereocenters. The second-order valence-corrected chi connectivity index (χ2v) is 4.33. The van der Waals surface area contributed by atoms with Crippen LogP contribution in [0.25, 0.3) is 0 Å². The van der Waals surface area contributed by atoms with Gasteiger partial charge < -0.3 is 19.9 Å². The van der Waals surface area contributed by atoms with E-state index in [-0.39, 0.29) is 18.6 Å². The molecule has 0 saturated carbocycles. The SMILES string of the molecule is COc1ccc(OC)c(CCC(=O)NC(C)CO)c1. The number of aliphatic hydroxyl groups is 1. The molecule has 5 nitrogen and oxygen atoms in total. The van der Waals surface area contributed by atoms with Gasteiger partial charge in [0.25, 0.3) is 0 Å². The number of nitrogens with one attached hydrogen (secondary N) is 1. The van der Waals surface area contributed by atoms with Crippen LogP contribution in [0.5, 0.6) is 11.5 Å². The normalized spacial score (nSPS) is 11.8. The molecule has 0 aliphatic rings. The monoisotopic (exact) mass is 267 g/mol. The van der Waals surface area contributed by atoms with Gasteiger partial charge in [-0.1, -0.05) is 0 Å². The van der Waals surface area contributed by atoms with Gasteiger partial charge in [0.15, 0.2) is 0 Å². The van der Waals surface area contributed by atoms with Crippen molar-refractivity contribution in [1.82, 2.24) is 5.32 Å². The lowest BCUT2D eigenvalue weighted by molar-refractivity contribution is -0.121. The van der Waals surface area contributed by atoms with Gasteiger partial charge >= 0.3 is 0 Å². The summed E-state index contributed by atoms with van der Waals surface area (Å²) < 4.78 is 10.4. The Morgan fingerprint density at radius 2 is 2.11 bits per heavy atom. The number of hydrogen-bond donors (Lipinski definition) is 2. The summed E-state index contributed by atoms with van der Waals surface area (Å²) in [5, 5.41) is 11.6. The molecule has 1 aromatic rings. The number of aryl methyl sites for hydroxylation is 1. The van der Waals surface area contributed by atoms with Crippen molar-refractivity contribution in [1.29, 1.82) is 0 Å². The molecule has 0 fully saturated rings. The van der Waals surface area contributed by atoms with Gasteiger partial charge in [-0.2, -0.15) is 0 Å². The fourth-order valence-corrected chi connectivity index (χ4v) is 1.72. The third-order valence-corrected chi connectivity index (χ3v) is 2.79. The van der Waals surface area contributed by atoms with E-state index in [2.05, 4.69) is 5.32 Å². The molecule has 0 aliphatic carbocycles. The molecule has 19 heavy (non-hydrogen) atoms. The molecular formula is C14H21NO4. The van der Waals surface area contributed by atoms with Crippen molar-refractivity contribution >= 4 is 5.91 Å². The van der Waals surface area contributed by atoms with Gasteiger partial charge in [-0.3, -0.25) is 4.79 Å². The van der Waals surface area contributed by atoms with Crippen LogP contribution in [0.4, 0.5) is 0 Å². The van der Waals surface area contributed by atoms with Gasteiger partial charge in [-0.05, 0) is 37.1 Å². The van der Waals surface area contributed by atoms with Gasteiger partial charge in [0, 0.05) is 12.5 Å². The second kappa shape index (κ2) is 7.63. The molecule has 0 aliphatic heterocycles. The maximum Gasteiger partial charge on any atom is 0.220 e. The second-order valence-electron chi connectivity index (χ2n) is 4.33. The Hall–Kier alpha value is -1.75. The van der Waals surface area contributed by atoms with Crippen molar-refractivity contribution < 1.29 is 19.4 Å². The fraction of sp³-hybridized carbons (Fsp3) is 0.500. The van der Waals surface area contributed by atoms with Crippen molar-refractivity contribution in [3.63, 3.8) is 0 Å². The molecule has 0 heterocycles. The first-order valence-corrected chi connectivity index (χ1v) is 6.21. The van der Waals surface area contributed by atoms with Crippen LogP contribution in [0.15, 0.2) is 18.2 Å². The molecule has 5 heteroatoms. The molecule has 0 aromatic heterocycles. The highest BCUT2D eigenvalue weighted by molar-refractivity contribution is 5.76. The minimum Gasteiger partial charge on any atom is -0.497 e. The number of hydrogen-bond acceptors (Lipinski definition) is 4. The van der Waals surface area contributed by atoms with E-state index in [1.54, 1.807) is 21.1 Å². The fourth-order valence-electron chi connectivity index (χ4n) is 1.72. The molecule has 0 spiro atoms. The van der Waals surface area contributed by atoms with Crippen LogP contribution >= 0.6 is 0 Å². The molecular weight excluding hydrogens is 246 g/mol. The maximum absolute atomic E-state index is 11.6. The number of carbonyl (C=O) groups is 1. The molecule has 2 N–H and O–H groups in total. The Labute approximate surface area is 113 Å². The van der Waals surface area contributed by atoms with Crippen LogP contribution in [-0.4, -0.2) is 37.9 Å². The molecule has 1 amide bonds. The Bertz CT molecular complexity index is 420. The van der Waals surface area contributed by atoms with Crippen LogP contribution in [0.1, 0.15) is 18.9 Å². The van der Waals surface area contributed by atoms with Gasteiger partial charge in [-0.25, -0.2) is 0 Å². The predicted octanol–water partition coefficient (Wildman–Crippen LogP) is 1.13. The molecule has 1 aromatic carbocycles. The topological polar surface area (TPSA) is 67.8 Å². The Kier molecular flexibility index (Phi) is 6.15. The third-order valence-electron chi connectivity index (χ3n) is 2.79. The van der Waals surface area contributed by atoms with Gasteiger partial charge in [0.05, 0.1) is 20.8 Å². The van der Waals surface area contributed by atoms with Crippen molar-refractivity contribution in [2.45, 2.75) is 25.8 Å². The van der Waals surface area contributed by atoms with Crippen molar-refractivity contribution in [3.05, 3.63) is 23.8 Å². The average Bonchev–Trinajstić information content (AvgIpc) is 2.44. The predicted molar refractivity (Wildman–Crippen MR) is 72.6 cm³/mol. The Morgan fingerprint density at radius 1 is 1.37 bits per heavy atom. The summed E-state index contributed by atoms with van der Waals surface area (Å²) in [6.07, 6.45) is 0.901. The van der Waals surface area contributed by atoms with E-state index in [1.165, 1.54) is 0 Å². The first kappa shape index (κ1) is 15.3. The van der Waals surface area contributed by atoms with Crippen molar-refractivity contribution in [2.24, 2.45) is 0 Å². The first-order valence-electron chi connectivity index (χ1n) is 6.21. The summed E-state index contributed by atoms with van der Waals surface area (Å²) in [5.41, 5.74) is 0.925. The lowest BCUT2D eigenvalue weighted by atomic mass is 10.1. The number of methoxy groups -OCH3 is 2. The van der Waals surface area contributed by atoms with Crippen molar-refractivity contribution in [3.8, 4) is 11.5 Å². The standard InChI is InChI=1S/C14H21NO4/c1-10(9-16)15-14(17)7-4-11-8-12(18-2)5-6-13(11)19-3/h5-6,8,10,16H,4,7,9H2,1-3H3,(H,15,17). The molecule has 106 valence electrons. The van der Waals surface area contributed by atoms with Gasteiger partial charge in [0.1, 0.15) is 11.5 Å². The van der Waals surface area contributed by atoms with Crippen molar-refractivity contribution in [2.75, 3.05) is 20.8 Å². The third kappa shape index (κ3) is 4.79. The minimum atomic E-state index is -0.222. The zero-order chi connectivity index (χ0) is 14.3. The quantitative estimate of drug-likeness (QED) is 0.777. The molecule has 0 radical (unpaired) electrons. The zero-order valence-electron chi connectivity index (χ0n) is 11.6. The minimum absolute atomic E-state index is 0.0613. The van der Waals surface area contributed by atoms with Crippen LogP contribution in [0.3, 0.4) is 0 Å². The summed E-state index contributed by atoms with van der Waals surface area (Å²) >= 11 is 0. The highest BCUT2D eigenvalue weighted by Crippen LogP contribution is 2.24. The number of benzene rings is 1. The summed E-state index contributed by atoms with van der Waals surface area (Å²) in [5.74, 6) is 1.38. The molecule has 1 rings (SSSR count). The number of carbonyl (C=O) groups excluding carboxylic acids is 1. The molecule has 0 saturated heterocycles. The summed E-state index contributed by atoms with van der Waals surface area (Å²) in [4.78, 5) is 11.6. The van der Waals surface area contributed by atoms with E-state index in [1.807, 2.05) is 18.2 Å². The average molecular weight is 267 g/mol. The number of amides is 1. The first-order chi connectivity index (χ1) is 9.10. The largest absolute Gasteiger partial charge is 0.497 e. The highest BCUT2D eigenvalue weighted by Gasteiger charge is 2.10.